The number of benzene rings is 9. The maximum absolute atomic E-state index is 2.37. The summed E-state index contributed by atoms with van der Waals surface area (Å²) in [5, 5.41) is 0. The van der Waals surface area contributed by atoms with Gasteiger partial charge in [0, 0.05) is 17.1 Å². The average molecular weight is 714 g/mol. The van der Waals surface area contributed by atoms with Crippen LogP contribution in [0.4, 0.5) is 17.1 Å². The molecule has 0 radical (unpaired) electrons. The fraction of sp³-hybridized carbons (Fsp3) is 0.0182. The molecule has 1 aliphatic rings. The van der Waals surface area contributed by atoms with Gasteiger partial charge in [-0.1, -0.05) is 194 Å². The van der Waals surface area contributed by atoms with Crippen LogP contribution in [0.3, 0.4) is 0 Å². The van der Waals surface area contributed by atoms with Crippen molar-refractivity contribution in [2.24, 2.45) is 0 Å². The van der Waals surface area contributed by atoms with Gasteiger partial charge in [-0.25, -0.2) is 0 Å². The molecule has 1 nitrogen and oxygen atoms in total. The third-order valence-electron chi connectivity index (χ3n) is 11.4. The molecule has 1 heteroatoms. The summed E-state index contributed by atoms with van der Waals surface area (Å²) >= 11 is 0. The van der Waals surface area contributed by atoms with Crippen molar-refractivity contribution in [3.8, 4) is 44.5 Å². The molecule has 10 rings (SSSR count). The van der Waals surface area contributed by atoms with Crippen LogP contribution < -0.4 is 4.90 Å². The molecule has 1 aliphatic carbocycles. The zero-order chi connectivity index (χ0) is 37.3. The maximum atomic E-state index is 2.37. The summed E-state index contributed by atoms with van der Waals surface area (Å²) in [6.45, 7) is 0. The molecule has 0 spiro atoms. The Kier molecular flexibility index (Phi) is 8.46. The highest BCUT2D eigenvalue weighted by Crippen LogP contribution is 2.56. The fourth-order valence-electron chi connectivity index (χ4n) is 8.77. The Hall–Kier alpha value is -7.22. The molecule has 56 heavy (non-hydrogen) atoms. The second-order valence-corrected chi connectivity index (χ2v) is 14.5. The van der Waals surface area contributed by atoms with Crippen LogP contribution in [0, 0.1) is 0 Å². The van der Waals surface area contributed by atoms with Gasteiger partial charge in [-0.2, -0.15) is 0 Å². The number of hydrogen-bond donors (Lipinski definition) is 0. The molecular weight excluding hydrogens is 675 g/mol. The zero-order valence-corrected chi connectivity index (χ0v) is 31.0. The smallest absolute Gasteiger partial charge is 0.0713 e. The van der Waals surface area contributed by atoms with Crippen LogP contribution in [-0.2, 0) is 5.41 Å². The Labute approximate surface area is 329 Å². The Morgan fingerprint density at radius 2 is 0.589 bits per heavy atom. The van der Waals surface area contributed by atoms with Crippen LogP contribution in [0.25, 0.3) is 44.5 Å². The summed E-state index contributed by atoms with van der Waals surface area (Å²) in [4.78, 5) is 2.37. The van der Waals surface area contributed by atoms with Gasteiger partial charge in [-0.15, -0.1) is 0 Å². The van der Waals surface area contributed by atoms with Gasteiger partial charge in [0.1, 0.15) is 0 Å². The molecule has 0 N–H and O–H groups in total. The van der Waals surface area contributed by atoms with Crippen molar-refractivity contribution in [3.05, 3.63) is 259 Å². The van der Waals surface area contributed by atoms with Gasteiger partial charge >= 0.3 is 0 Å². The van der Waals surface area contributed by atoms with E-state index in [0.29, 0.717) is 0 Å². The van der Waals surface area contributed by atoms with E-state index < -0.39 is 5.41 Å². The van der Waals surface area contributed by atoms with Crippen LogP contribution in [0.5, 0.6) is 0 Å². The van der Waals surface area contributed by atoms with E-state index >= 15 is 0 Å². The molecule has 0 aliphatic heterocycles. The first kappa shape index (κ1) is 33.4. The molecule has 0 heterocycles. The standard InChI is InChI=1S/C55H39N/c1-4-15-40(16-5-1)42-27-33-48(34-28-42)56(49-35-29-43(30-36-49)45-20-14-19-44(39-45)41-17-6-2-7-18-41)50-37-31-47(32-38-50)55(46-21-8-3-9-22-46)53-25-12-10-23-51(53)52-24-11-13-26-54(52)55/h1-39H. The summed E-state index contributed by atoms with van der Waals surface area (Å²) in [7, 11) is 0. The molecular formula is C55H39N. The van der Waals surface area contributed by atoms with Crippen molar-refractivity contribution in [3.63, 3.8) is 0 Å². The highest BCUT2D eigenvalue weighted by atomic mass is 15.1. The van der Waals surface area contributed by atoms with Gasteiger partial charge in [-0.3, -0.25) is 0 Å². The summed E-state index contributed by atoms with van der Waals surface area (Å²) < 4.78 is 0. The third kappa shape index (κ3) is 5.73. The molecule has 0 aromatic heterocycles. The van der Waals surface area contributed by atoms with Gasteiger partial charge in [0.25, 0.3) is 0 Å². The van der Waals surface area contributed by atoms with Crippen LogP contribution >= 0.6 is 0 Å². The number of nitrogens with zero attached hydrogens (tertiary/aromatic N) is 1. The normalized spacial score (nSPS) is 12.4. The quantitative estimate of drug-likeness (QED) is 0.152. The highest BCUT2D eigenvalue weighted by molar-refractivity contribution is 5.87. The lowest BCUT2D eigenvalue weighted by Crippen LogP contribution is -2.28. The largest absolute Gasteiger partial charge is 0.311 e. The summed E-state index contributed by atoms with van der Waals surface area (Å²) in [5.74, 6) is 0. The lowest BCUT2D eigenvalue weighted by atomic mass is 9.68. The minimum atomic E-state index is -0.439. The highest BCUT2D eigenvalue weighted by Gasteiger charge is 2.45. The van der Waals surface area contributed by atoms with Crippen molar-refractivity contribution >= 4 is 17.1 Å². The average Bonchev–Trinajstić information content (AvgIpc) is 3.59. The van der Waals surface area contributed by atoms with Crippen molar-refractivity contribution < 1.29 is 0 Å². The second kappa shape index (κ2) is 14.2. The minimum absolute atomic E-state index is 0.439. The maximum Gasteiger partial charge on any atom is 0.0713 e. The van der Waals surface area contributed by atoms with Crippen LogP contribution in [0.15, 0.2) is 237 Å². The lowest BCUT2D eigenvalue weighted by molar-refractivity contribution is 0.768. The summed E-state index contributed by atoms with van der Waals surface area (Å²) in [5.41, 5.74) is 17.8. The third-order valence-corrected chi connectivity index (χ3v) is 11.4. The molecule has 9 aromatic rings. The van der Waals surface area contributed by atoms with Crippen LogP contribution in [0.2, 0.25) is 0 Å². The first-order valence-corrected chi connectivity index (χ1v) is 19.3. The van der Waals surface area contributed by atoms with Crippen LogP contribution in [0.1, 0.15) is 22.3 Å². The number of rotatable bonds is 8. The molecule has 0 bridgehead atoms. The molecule has 0 unspecified atom stereocenters. The van der Waals surface area contributed by atoms with Gasteiger partial charge in [0.15, 0.2) is 0 Å². The predicted molar refractivity (Wildman–Crippen MR) is 235 cm³/mol. The lowest BCUT2D eigenvalue weighted by Gasteiger charge is -2.34. The van der Waals surface area contributed by atoms with Crippen molar-refractivity contribution in [1.29, 1.82) is 0 Å². The van der Waals surface area contributed by atoms with E-state index in [1.807, 2.05) is 0 Å². The van der Waals surface area contributed by atoms with Gasteiger partial charge in [0.05, 0.1) is 5.41 Å². The molecule has 264 valence electrons. The minimum Gasteiger partial charge on any atom is -0.311 e. The van der Waals surface area contributed by atoms with Gasteiger partial charge < -0.3 is 4.90 Å². The first-order valence-electron chi connectivity index (χ1n) is 19.3. The first-order chi connectivity index (χ1) is 27.8. The Morgan fingerprint density at radius 3 is 1.09 bits per heavy atom. The van der Waals surface area contributed by atoms with E-state index in [0.717, 1.165) is 17.1 Å². The van der Waals surface area contributed by atoms with Gasteiger partial charge in [-0.05, 0) is 109 Å². The molecule has 9 aromatic carbocycles. The summed E-state index contributed by atoms with van der Waals surface area (Å²) in [6.07, 6.45) is 0. The van der Waals surface area contributed by atoms with E-state index in [4.69, 9.17) is 0 Å². The van der Waals surface area contributed by atoms with Gasteiger partial charge in [0.2, 0.25) is 0 Å². The zero-order valence-electron chi connectivity index (χ0n) is 31.0. The van der Waals surface area contributed by atoms with E-state index in [1.165, 1.54) is 66.8 Å². The van der Waals surface area contributed by atoms with Crippen LogP contribution in [-0.4, -0.2) is 0 Å². The Balaban J connectivity index is 1.08. The van der Waals surface area contributed by atoms with E-state index in [1.54, 1.807) is 0 Å². The van der Waals surface area contributed by atoms with Crippen molar-refractivity contribution in [2.45, 2.75) is 5.41 Å². The second-order valence-electron chi connectivity index (χ2n) is 14.5. The topological polar surface area (TPSA) is 3.24 Å². The molecule has 0 saturated heterocycles. The molecule has 0 amide bonds. The van der Waals surface area contributed by atoms with E-state index in [2.05, 4.69) is 241 Å². The van der Waals surface area contributed by atoms with E-state index in [9.17, 15) is 0 Å². The fourth-order valence-corrected chi connectivity index (χ4v) is 8.77. The number of anilines is 3. The van der Waals surface area contributed by atoms with Crippen molar-refractivity contribution in [2.75, 3.05) is 4.90 Å². The van der Waals surface area contributed by atoms with Crippen molar-refractivity contribution in [1.82, 2.24) is 0 Å². The summed E-state index contributed by atoms with van der Waals surface area (Å²) in [6, 6.07) is 86.0. The Morgan fingerprint density at radius 1 is 0.250 bits per heavy atom. The molecule has 0 atom stereocenters. The predicted octanol–water partition coefficient (Wildman–Crippen LogP) is 14.5. The van der Waals surface area contributed by atoms with E-state index in [-0.39, 0.29) is 0 Å². The molecule has 0 saturated carbocycles. The number of hydrogen-bond acceptors (Lipinski definition) is 1. The molecule has 0 fully saturated rings. The Bertz CT molecular complexity index is 2710. The SMILES string of the molecule is c1ccc(-c2ccc(N(c3ccc(-c4cccc(-c5ccccc5)c4)cc3)c3ccc(C4(c5ccccc5)c5ccccc5-c5ccccc54)cc3)cc2)cc1. The monoisotopic (exact) mass is 713 g/mol. The number of fused-ring (bicyclic) bond motifs is 3.